The van der Waals surface area contributed by atoms with E-state index in [1.165, 1.54) is 6.07 Å². The van der Waals surface area contributed by atoms with Crippen molar-refractivity contribution in [2.45, 2.75) is 0 Å². The largest absolute Gasteiger partial charge is 0.507 e. The second-order valence-electron chi connectivity index (χ2n) is 3.53. The Morgan fingerprint density at radius 3 is 2.44 bits per heavy atom. The lowest BCUT2D eigenvalue weighted by Gasteiger charge is -2.06. The molecule has 1 aromatic heterocycles. The van der Waals surface area contributed by atoms with Crippen LogP contribution in [0, 0.1) is 0 Å². The Kier molecular flexibility index (Phi) is 2.53. The molecule has 0 bridgehead atoms. The molecule has 5 nitrogen and oxygen atoms in total. The average molecular weight is 239 g/mol. The van der Waals surface area contributed by atoms with Crippen LogP contribution in [0.4, 0.5) is 0 Å². The lowest BCUT2D eigenvalue weighted by Crippen LogP contribution is -2.38. The Morgan fingerprint density at radius 2 is 1.88 bits per heavy atom. The molecule has 0 aliphatic rings. The van der Waals surface area contributed by atoms with Crippen LogP contribution < -0.4 is 5.59 Å². The summed E-state index contributed by atoms with van der Waals surface area (Å²) in [6, 6.07) is 8.21. The van der Waals surface area contributed by atoms with Crippen LogP contribution in [0.25, 0.3) is 10.9 Å². The molecule has 0 aliphatic heterocycles. The molecule has 1 heterocycles. The third-order valence-corrected chi connectivity index (χ3v) is 3.36. The van der Waals surface area contributed by atoms with Crippen molar-refractivity contribution in [2.75, 3.05) is 6.26 Å². The fourth-order valence-corrected chi connectivity index (χ4v) is 2.75. The molecule has 0 fully saturated rings. The topological polar surface area (TPSA) is 79.5 Å². The Hall–Kier alpha value is -1.31. The van der Waals surface area contributed by atoms with E-state index >= 15 is 0 Å². The summed E-state index contributed by atoms with van der Waals surface area (Å²) in [5, 5.41) is 18.9. The fourth-order valence-electron chi connectivity index (χ4n) is 1.70. The first-order chi connectivity index (χ1) is 7.41. The first-order valence-corrected chi connectivity index (χ1v) is 6.43. The number of hydrogen-bond donors (Lipinski definition) is 2. The molecule has 0 spiro atoms. The minimum absolute atomic E-state index is 0.0521. The predicted molar refractivity (Wildman–Crippen MR) is 62.0 cm³/mol. The quantitative estimate of drug-likeness (QED) is 0.667. The zero-order valence-corrected chi connectivity index (χ0v) is 9.35. The molecule has 1 aromatic carbocycles. The van der Waals surface area contributed by atoms with E-state index in [2.05, 4.69) is 0 Å². The zero-order chi connectivity index (χ0) is 11.9. The van der Waals surface area contributed by atoms with Gasteiger partial charge in [-0.1, -0.05) is 18.2 Å². The molecule has 0 saturated carbocycles. The highest BCUT2D eigenvalue weighted by Gasteiger charge is 2.23. The molecule has 16 heavy (non-hydrogen) atoms. The summed E-state index contributed by atoms with van der Waals surface area (Å²) in [7, 11) is -5.38. The average Bonchev–Trinajstić information content (AvgIpc) is 2.55. The van der Waals surface area contributed by atoms with E-state index in [1.54, 1.807) is 24.3 Å². The molecule has 7 heteroatoms. The summed E-state index contributed by atoms with van der Waals surface area (Å²) in [4.78, 5) is 0. The lowest BCUT2D eigenvalue weighted by atomic mass is 9.86. The smallest absolute Gasteiger partial charge is 0.422 e. The van der Waals surface area contributed by atoms with Gasteiger partial charge in [0.15, 0.2) is 0 Å². The van der Waals surface area contributed by atoms with Gasteiger partial charge in [0.05, 0.1) is 17.4 Å². The molecule has 0 radical (unpaired) electrons. The lowest BCUT2D eigenvalue weighted by molar-refractivity contribution is 0.423. The fraction of sp³-hybridized carbons (Fsp3) is 0.111. The summed E-state index contributed by atoms with van der Waals surface area (Å²) < 4.78 is 24.1. The van der Waals surface area contributed by atoms with Gasteiger partial charge in [-0.3, -0.25) is 0 Å². The normalized spacial score (nSPS) is 11.9. The number of nitrogens with zero attached hydrogens (tertiary/aromatic N) is 1. The molecular formula is C9H10BNO4S. The Labute approximate surface area is 93.1 Å². The number of fused-ring (bicyclic) bond motifs is 1. The molecular weight excluding hydrogens is 229 g/mol. The van der Waals surface area contributed by atoms with Crippen LogP contribution >= 0.6 is 0 Å². The summed E-state index contributed by atoms with van der Waals surface area (Å²) in [5.41, 5.74) is 0.386. The van der Waals surface area contributed by atoms with Crippen LogP contribution in [-0.2, 0) is 10.0 Å². The van der Waals surface area contributed by atoms with Crippen LogP contribution in [-0.4, -0.2) is 35.8 Å². The maximum absolute atomic E-state index is 11.6. The van der Waals surface area contributed by atoms with E-state index in [-0.39, 0.29) is 5.59 Å². The Balaban J connectivity index is 2.91. The van der Waals surface area contributed by atoms with Gasteiger partial charge < -0.3 is 10.0 Å². The van der Waals surface area contributed by atoms with Gasteiger partial charge >= 0.3 is 7.12 Å². The molecule has 2 rings (SSSR count). The first-order valence-electron chi connectivity index (χ1n) is 4.58. The monoisotopic (exact) mass is 239 g/mol. The summed E-state index contributed by atoms with van der Waals surface area (Å²) in [5.74, 6) is 0. The van der Waals surface area contributed by atoms with Gasteiger partial charge in [-0.15, -0.1) is 0 Å². The molecule has 0 saturated heterocycles. The number of para-hydroxylation sites is 1. The highest BCUT2D eigenvalue weighted by molar-refractivity contribution is 7.89. The molecule has 0 aliphatic carbocycles. The summed E-state index contributed by atoms with van der Waals surface area (Å²) in [6.07, 6.45) is 1.02. The maximum atomic E-state index is 11.6. The van der Waals surface area contributed by atoms with Gasteiger partial charge in [0.25, 0.3) is 0 Å². The molecule has 84 valence electrons. The predicted octanol–water partition coefficient (Wildman–Crippen LogP) is -0.871. The van der Waals surface area contributed by atoms with E-state index in [0.717, 1.165) is 10.2 Å². The van der Waals surface area contributed by atoms with Gasteiger partial charge in [-0.05, 0) is 12.1 Å². The van der Waals surface area contributed by atoms with Crippen molar-refractivity contribution < 1.29 is 18.5 Å². The van der Waals surface area contributed by atoms with E-state index in [1.807, 2.05) is 0 Å². The van der Waals surface area contributed by atoms with Crippen LogP contribution in [0.2, 0.25) is 0 Å². The van der Waals surface area contributed by atoms with Crippen molar-refractivity contribution in [2.24, 2.45) is 0 Å². The first kappa shape index (κ1) is 11.2. The second kappa shape index (κ2) is 3.62. The van der Waals surface area contributed by atoms with Gasteiger partial charge in [0.2, 0.25) is 10.0 Å². The van der Waals surface area contributed by atoms with Crippen molar-refractivity contribution in [3.63, 3.8) is 0 Å². The summed E-state index contributed by atoms with van der Waals surface area (Å²) in [6.45, 7) is 0. The summed E-state index contributed by atoms with van der Waals surface area (Å²) >= 11 is 0. The van der Waals surface area contributed by atoms with Gasteiger partial charge in [-0.25, -0.2) is 12.4 Å². The molecule has 0 amide bonds. The third kappa shape index (κ3) is 1.73. The third-order valence-electron chi connectivity index (χ3n) is 2.29. The second-order valence-corrected chi connectivity index (χ2v) is 5.36. The zero-order valence-electron chi connectivity index (χ0n) is 8.53. The Morgan fingerprint density at radius 1 is 1.25 bits per heavy atom. The Bertz CT molecular complexity index is 632. The molecule has 0 unspecified atom stereocenters. The van der Waals surface area contributed by atoms with Crippen molar-refractivity contribution >= 4 is 33.6 Å². The number of aromatic nitrogens is 1. The van der Waals surface area contributed by atoms with Gasteiger partial charge in [0, 0.05) is 5.39 Å². The van der Waals surface area contributed by atoms with Gasteiger partial charge in [-0.2, -0.15) is 0 Å². The number of benzene rings is 1. The SMILES string of the molecule is CS(=O)(=O)n1c(B(O)O)cc2ccccc21. The number of hydrogen-bond acceptors (Lipinski definition) is 4. The van der Waals surface area contributed by atoms with E-state index in [0.29, 0.717) is 10.9 Å². The van der Waals surface area contributed by atoms with Crippen molar-refractivity contribution in [3.8, 4) is 0 Å². The highest BCUT2D eigenvalue weighted by atomic mass is 32.2. The highest BCUT2D eigenvalue weighted by Crippen LogP contribution is 2.15. The van der Waals surface area contributed by atoms with E-state index in [9.17, 15) is 8.42 Å². The molecule has 0 atom stereocenters. The van der Waals surface area contributed by atoms with Crippen LogP contribution in [0.15, 0.2) is 30.3 Å². The van der Waals surface area contributed by atoms with Crippen molar-refractivity contribution in [3.05, 3.63) is 30.3 Å². The molecule has 2 N–H and O–H groups in total. The van der Waals surface area contributed by atoms with Crippen LogP contribution in [0.3, 0.4) is 0 Å². The van der Waals surface area contributed by atoms with Crippen molar-refractivity contribution in [1.29, 1.82) is 0 Å². The van der Waals surface area contributed by atoms with Crippen LogP contribution in [0.5, 0.6) is 0 Å². The minimum atomic E-state index is -3.57. The number of rotatable bonds is 2. The van der Waals surface area contributed by atoms with Gasteiger partial charge in [0.1, 0.15) is 0 Å². The van der Waals surface area contributed by atoms with Crippen molar-refractivity contribution in [1.82, 2.24) is 3.97 Å². The standard InChI is InChI=1S/C9H10BNO4S/c1-16(14,15)11-8-5-3-2-4-7(8)6-9(11)10(12)13/h2-6,12-13H,1H3. The maximum Gasteiger partial charge on any atom is 0.507 e. The van der Waals surface area contributed by atoms with E-state index < -0.39 is 17.1 Å². The molecule has 2 aromatic rings. The van der Waals surface area contributed by atoms with E-state index in [4.69, 9.17) is 10.0 Å². The van der Waals surface area contributed by atoms with Crippen LogP contribution in [0.1, 0.15) is 0 Å². The minimum Gasteiger partial charge on any atom is -0.422 e.